The molecule has 7 heteroatoms. The Balaban J connectivity index is 2.54. The van der Waals surface area contributed by atoms with Crippen LogP contribution in [0.15, 0.2) is 0 Å². The highest BCUT2D eigenvalue weighted by Gasteiger charge is 2.36. The molecule has 7 nitrogen and oxygen atoms in total. The van der Waals surface area contributed by atoms with Gasteiger partial charge in [-0.15, -0.1) is 0 Å². The minimum absolute atomic E-state index is 0.0471. The van der Waals surface area contributed by atoms with Crippen LogP contribution in [-0.2, 0) is 9.53 Å². The fourth-order valence-electron chi connectivity index (χ4n) is 2.34. The maximum absolute atomic E-state index is 12.3. The number of ether oxygens (including phenoxy) is 1. The average molecular weight is 288 g/mol. The second kappa shape index (κ2) is 6.90. The van der Waals surface area contributed by atoms with Gasteiger partial charge in [0.15, 0.2) is 0 Å². The Labute approximate surface area is 119 Å². The quantitative estimate of drug-likeness (QED) is 0.763. The highest BCUT2D eigenvalue weighted by molar-refractivity contribution is 5.74. The van der Waals surface area contributed by atoms with Crippen LogP contribution in [0.4, 0.5) is 4.79 Å². The number of carboxylic acids is 1. The Morgan fingerprint density at radius 1 is 1.45 bits per heavy atom. The van der Waals surface area contributed by atoms with Crippen LogP contribution in [0, 0.1) is 0 Å². The summed E-state index contributed by atoms with van der Waals surface area (Å²) in [5.74, 6) is -0.862. The zero-order valence-electron chi connectivity index (χ0n) is 12.3. The number of hydrogen-bond acceptors (Lipinski definition) is 4. The van der Waals surface area contributed by atoms with Gasteiger partial charge in [0.25, 0.3) is 0 Å². The van der Waals surface area contributed by atoms with Crippen LogP contribution in [0.1, 0.15) is 26.7 Å². The van der Waals surface area contributed by atoms with Crippen LogP contribution in [-0.4, -0.2) is 77.0 Å². The zero-order chi connectivity index (χ0) is 15.3. The van der Waals surface area contributed by atoms with Crippen molar-refractivity contribution in [3.8, 4) is 0 Å². The number of nitrogens with zero attached hydrogens (tertiary/aromatic N) is 2. The van der Waals surface area contributed by atoms with Gasteiger partial charge >= 0.3 is 12.0 Å². The first-order valence-corrected chi connectivity index (χ1v) is 6.75. The van der Waals surface area contributed by atoms with Crippen LogP contribution in [0.2, 0.25) is 0 Å². The normalized spacial score (nSPS) is 21.6. The van der Waals surface area contributed by atoms with Crippen molar-refractivity contribution >= 4 is 12.0 Å². The molecule has 0 saturated carbocycles. The van der Waals surface area contributed by atoms with Crippen molar-refractivity contribution in [2.75, 3.05) is 33.3 Å². The van der Waals surface area contributed by atoms with Crippen molar-refractivity contribution < 1.29 is 24.5 Å². The predicted molar refractivity (Wildman–Crippen MR) is 72.5 cm³/mol. The van der Waals surface area contributed by atoms with E-state index in [1.807, 2.05) is 13.8 Å². The number of rotatable bonds is 5. The lowest BCUT2D eigenvalue weighted by Gasteiger charge is -2.43. The van der Waals surface area contributed by atoms with Gasteiger partial charge in [0.05, 0.1) is 31.4 Å². The molecular weight excluding hydrogens is 264 g/mol. The monoisotopic (exact) mass is 288 g/mol. The van der Waals surface area contributed by atoms with E-state index in [0.29, 0.717) is 26.1 Å². The highest BCUT2D eigenvalue weighted by Crippen LogP contribution is 2.21. The summed E-state index contributed by atoms with van der Waals surface area (Å²) in [4.78, 5) is 25.9. The van der Waals surface area contributed by atoms with Crippen LogP contribution < -0.4 is 0 Å². The van der Waals surface area contributed by atoms with Crippen molar-refractivity contribution in [3.63, 3.8) is 0 Å². The smallest absolute Gasteiger partial charge is 0.319 e. The van der Waals surface area contributed by atoms with E-state index in [1.54, 1.807) is 11.9 Å². The minimum atomic E-state index is -0.862. The Bertz CT molecular complexity index is 359. The van der Waals surface area contributed by atoms with Crippen LogP contribution >= 0.6 is 0 Å². The van der Waals surface area contributed by atoms with E-state index >= 15 is 0 Å². The number of aliphatic hydroxyl groups is 1. The van der Waals surface area contributed by atoms with E-state index in [-0.39, 0.29) is 25.2 Å². The van der Waals surface area contributed by atoms with E-state index in [2.05, 4.69) is 0 Å². The van der Waals surface area contributed by atoms with Gasteiger partial charge in [0, 0.05) is 20.0 Å². The Hall–Kier alpha value is -1.34. The first-order chi connectivity index (χ1) is 9.25. The molecule has 1 heterocycles. The predicted octanol–water partition coefficient (Wildman–Crippen LogP) is 0.375. The van der Waals surface area contributed by atoms with E-state index in [1.165, 1.54) is 4.90 Å². The number of hydrogen-bond donors (Lipinski definition) is 2. The van der Waals surface area contributed by atoms with E-state index < -0.39 is 11.6 Å². The molecule has 1 atom stereocenters. The van der Waals surface area contributed by atoms with Gasteiger partial charge in [-0.25, -0.2) is 4.79 Å². The van der Waals surface area contributed by atoms with Crippen molar-refractivity contribution in [2.24, 2.45) is 0 Å². The van der Waals surface area contributed by atoms with Gasteiger partial charge in [0.2, 0.25) is 0 Å². The molecule has 20 heavy (non-hydrogen) atoms. The number of carbonyl (C=O) groups excluding carboxylic acids is 1. The van der Waals surface area contributed by atoms with Gasteiger partial charge in [-0.3, -0.25) is 4.79 Å². The molecule has 2 amide bonds. The van der Waals surface area contributed by atoms with Crippen molar-refractivity contribution in [1.82, 2.24) is 9.80 Å². The number of carbonyl (C=O) groups is 2. The first-order valence-electron chi connectivity index (χ1n) is 6.75. The molecule has 1 rings (SSSR count). The Morgan fingerprint density at radius 2 is 2.10 bits per heavy atom. The van der Waals surface area contributed by atoms with Crippen LogP contribution in [0.25, 0.3) is 0 Å². The van der Waals surface area contributed by atoms with Crippen molar-refractivity contribution in [3.05, 3.63) is 0 Å². The minimum Gasteiger partial charge on any atom is -0.481 e. The van der Waals surface area contributed by atoms with Gasteiger partial charge in [-0.2, -0.15) is 0 Å². The third kappa shape index (κ3) is 4.97. The summed E-state index contributed by atoms with van der Waals surface area (Å²) in [6.07, 6.45) is 0.0929. The summed E-state index contributed by atoms with van der Waals surface area (Å²) >= 11 is 0. The molecule has 1 unspecified atom stereocenters. The topological polar surface area (TPSA) is 90.3 Å². The van der Waals surface area contributed by atoms with Gasteiger partial charge in [-0.05, 0) is 20.3 Å². The zero-order valence-corrected chi connectivity index (χ0v) is 12.3. The number of carboxylic acid groups (broad SMARTS) is 1. The number of urea groups is 1. The first kappa shape index (κ1) is 16.7. The molecule has 1 fully saturated rings. The third-order valence-corrected chi connectivity index (χ3v) is 3.17. The summed E-state index contributed by atoms with van der Waals surface area (Å²) in [6, 6.07) is -0.162. The number of aliphatic hydroxyl groups excluding tert-OH is 1. The van der Waals surface area contributed by atoms with Gasteiger partial charge in [-0.1, -0.05) is 0 Å². The molecule has 1 saturated heterocycles. The maximum atomic E-state index is 12.3. The molecular formula is C13H24N2O5. The summed E-state index contributed by atoms with van der Waals surface area (Å²) in [7, 11) is 1.65. The second-order valence-electron chi connectivity index (χ2n) is 5.76. The third-order valence-electron chi connectivity index (χ3n) is 3.17. The lowest BCUT2D eigenvalue weighted by Crippen LogP contribution is -2.57. The molecule has 2 N–H and O–H groups in total. The molecule has 0 radical (unpaired) electrons. The van der Waals surface area contributed by atoms with E-state index in [9.17, 15) is 14.7 Å². The van der Waals surface area contributed by atoms with E-state index in [4.69, 9.17) is 9.84 Å². The maximum Gasteiger partial charge on any atom is 0.319 e. The molecule has 116 valence electrons. The second-order valence-corrected chi connectivity index (χ2v) is 5.76. The van der Waals surface area contributed by atoms with Gasteiger partial charge < -0.3 is 24.7 Å². The lowest BCUT2D eigenvalue weighted by molar-refractivity contribution is -0.140. The molecule has 1 aliphatic rings. The van der Waals surface area contributed by atoms with Crippen molar-refractivity contribution in [1.29, 1.82) is 0 Å². The highest BCUT2D eigenvalue weighted by atomic mass is 16.5. The van der Waals surface area contributed by atoms with Crippen molar-refractivity contribution in [2.45, 2.75) is 38.4 Å². The molecule has 0 aromatic rings. The molecule has 0 aromatic heterocycles. The van der Waals surface area contributed by atoms with Gasteiger partial charge in [0.1, 0.15) is 0 Å². The Morgan fingerprint density at radius 3 is 2.65 bits per heavy atom. The number of amides is 2. The molecule has 0 aliphatic carbocycles. The Kier molecular flexibility index (Phi) is 5.76. The SMILES string of the molecule is CN(CCCC(=O)O)C(=O)N1CC(CO)OC(C)(C)C1. The average Bonchev–Trinajstić information content (AvgIpc) is 2.35. The fraction of sp³-hybridized carbons (Fsp3) is 0.846. The summed E-state index contributed by atoms with van der Waals surface area (Å²) < 4.78 is 5.66. The summed E-state index contributed by atoms with van der Waals surface area (Å²) in [5.41, 5.74) is -0.497. The van der Waals surface area contributed by atoms with E-state index in [0.717, 1.165) is 0 Å². The summed E-state index contributed by atoms with van der Waals surface area (Å²) in [5, 5.41) is 17.8. The number of morpholine rings is 1. The number of aliphatic carboxylic acids is 1. The fourth-order valence-corrected chi connectivity index (χ4v) is 2.34. The molecule has 0 aromatic carbocycles. The lowest BCUT2D eigenvalue weighted by atomic mass is 10.1. The molecule has 0 bridgehead atoms. The standard InChI is InChI=1S/C13H24N2O5/c1-13(2)9-15(7-10(8-16)20-13)12(19)14(3)6-4-5-11(17)18/h10,16H,4-9H2,1-3H3,(H,17,18). The molecule has 0 spiro atoms. The largest absolute Gasteiger partial charge is 0.481 e. The summed E-state index contributed by atoms with van der Waals surface area (Å²) in [6.45, 7) is 4.81. The molecule has 1 aliphatic heterocycles. The van der Waals surface area contributed by atoms with Crippen LogP contribution in [0.5, 0.6) is 0 Å². The van der Waals surface area contributed by atoms with Crippen LogP contribution in [0.3, 0.4) is 0 Å².